The lowest BCUT2D eigenvalue weighted by Crippen LogP contribution is -2.41. The van der Waals surface area contributed by atoms with E-state index in [0.29, 0.717) is 5.88 Å². The molecule has 1 aromatic rings. The van der Waals surface area contributed by atoms with Crippen LogP contribution >= 0.6 is 0 Å². The Hall–Kier alpha value is -1.07. The van der Waals surface area contributed by atoms with Crippen molar-refractivity contribution < 1.29 is 14.0 Å². The highest BCUT2D eigenvalue weighted by Crippen LogP contribution is 2.36. The van der Waals surface area contributed by atoms with Gasteiger partial charge in [0.15, 0.2) is 0 Å². The van der Waals surface area contributed by atoms with Crippen LogP contribution in [-0.4, -0.2) is 29.4 Å². The topological polar surface area (TPSA) is 40.6 Å². The third-order valence-electron chi connectivity index (χ3n) is 4.48. The first-order chi connectivity index (χ1) is 9.79. The Balaban J connectivity index is 2.15. The summed E-state index contributed by atoms with van der Waals surface area (Å²) in [4.78, 5) is 4.29. The minimum absolute atomic E-state index is 0.200. The fraction of sp³-hybridized carbons (Fsp3) is 0.688. The Morgan fingerprint density at radius 2 is 1.71 bits per heavy atom. The Morgan fingerprint density at radius 3 is 2.24 bits per heavy atom. The zero-order valence-corrected chi connectivity index (χ0v) is 14.0. The van der Waals surface area contributed by atoms with Crippen molar-refractivity contribution in [3.05, 3.63) is 18.3 Å². The second kappa shape index (κ2) is 5.97. The number of aromatic nitrogens is 1. The molecule has 5 heteroatoms. The van der Waals surface area contributed by atoms with Gasteiger partial charge < -0.3 is 14.0 Å². The van der Waals surface area contributed by atoms with Crippen molar-refractivity contribution in [2.24, 2.45) is 0 Å². The molecule has 0 bridgehead atoms. The van der Waals surface area contributed by atoms with Crippen LogP contribution in [0.4, 0.5) is 0 Å². The third-order valence-corrected chi connectivity index (χ3v) is 4.48. The lowest BCUT2D eigenvalue weighted by Gasteiger charge is -2.32. The molecule has 0 radical (unpaired) electrons. The average Bonchev–Trinajstić information content (AvgIpc) is 2.65. The summed E-state index contributed by atoms with van der Waals surface area (Å²) in [6, 6.07) is 3.84. The zero-order chi connectivity index (χ0) is 15.7. The first kappa shape index (κ1) is 16.3. The monoisotopic (exact) mass is 291 g/mol. The van der Waals surface area contributed by atoms with Gasteiger partial charge in [0, 0.05) is 12.3 Å². The minimum Gasteiger partial charge on any atom is -0.474 e. The molecule has 0 spiro atoms. The van der Waals surface area contributed by atoms with Gasteiger partial charge in [-0.1, -0.05) is 13.8 Å². The molecular weight excluding hydrogens is 265 g/mol. The second-order valence-corrected chi connectivity index (χ2v) is 6.57. The fourth-order valence-corrected chi connectivity index (χ4v) is 2.24. The molecule has 0 N–H and O–H groups in total. The van der Waals surface area contributed by atoms with Crippen LogP contribution in [0.25, 0.3) is 0 Å². The highest BCUT2D eigenvalue weighted by molar-refractivity contribution is 6.62. The summed E-state index contributed by atoms with van der Waals surface area (Å²) in [5, 5.41) is 0. The SMILES string of the molecule is CCC(CC)Oc1cc(B2OC(C)(C)C(C)(C)O2)ccn1. The largest absolute Gasteiger partial charge is 0.495 e. The summed E-state index contributed by atoms with van der Waals surface area (Å²) < 4.78 is 18.0. The summed E-state index contributed by atoms with van der Waals surface area (Å²) in [6.07, 6.45) is 3.89. The highest BCUT2D eigenvalue weighted by atomic mass is 16.7. The zero-order valence-electron chi connectivity index (χ0n) is 14.0. The smallest absolute Gasteiger partial charge is 0.474 e. The van der Waals surface area contributed by atoms with E-state index < -0.39 is 0 Å². The molecule has 0 saturated carbocycles. The number of pyridine rings is 1. The van der Waals surface area contributed by atoms with Crippen molar-refractivity contribution in [2.45, 2.75) is 71.7 Å². The molecule has 0 aromatic carbocycles. The Labute approximate surface area is 128 Å². The molecule has 0 atom stereocenters. The normalized spacial score (nSPS) is 20.0. The van der Waals surface area contributed by atoms with Crippen LogP contribution in [0.1, 0.15) is 54.4 Å². The van der Waals surface area contributed by atoms with Crippen LogP contribution in [-0.2, 0) is 9.31 Å². The Bertz CT molecular complexity index is 470. The Kier molecular flexibility index (Phi) is 4.64. The molecule has 2 rings (SSSR count). The van der Waals surface area contributed by atoms with Gasteiger partial charge in [0.1, 0.15) is 0 Å². The molecular formula is C16H26BNO3. The van der Waals surface area contributed by atoms with Crippen molar-refractivity contribution >= 4 is 12.6 Å². The van der Waals surface area contributed by atoms with Gasteiger partial charge in [0.05, 0.1) is 17.3 Å². The number of hydrogen-bond acceptors (Lipinski definition) is 4. The van der Waals surface area contributed by atoms with Crippen LogP contribution in [0.3, 0.4) is 0 Å². The maximum absolute atomic E-state index is 6.06. The maximum atomic E-state index is 6.06. The van der Waals surface area contributed by atoms with Gasteiger partial charge in [0.25, 0.3) is 0 Å². The van der Waals surface area contributed by atoms with Gasteiger partial charge >= 0.3 is 7.12 Å². The van der Waals surface area contributed by atoms with E-state index in [1.165, 1.54) is 0 Å². The van der Waals surface area contributed by atoms with E-state index in [9.17, 15) is 0 Å². The van der Waals surface area contributed by atoms with Crippen molar-refractivity contribution in [1.82, 2.24) is 4.98 Å². The molecule has 116 valence electrons. The lowest BCUT2D eigenvalue weighted by molar-refractivity contribution is 0.00578. The maximum Gasteiger partial charge on any atom is 0.495 e. The van der Waals surface area contributed by atoms with Gasteiger partial charge in [0.2, 0.25) is 5.88 Å². The van der Waals surface area contributed by atoms with E-state index in [0.717, 1.165) is 18.3 Å². The van der Waals surface area contributed by atoms with Crippen LogP contribution in [0.15, 0.2) is 18.3 Å². The fourth-order valence-electron chi connectivity index (χ4n) is 2.24. The predicted molar refractivity (Wildman–Crippen MR) is 85.0 cm³/mol. The number of ether oxygens (including phenoxy) is 1. The molecule has 1 aliphatic heterocycles. The quantitative estimate of drug-likeness (QED) is 0.782. The van der Waals surface area contributed by atoms with Crippen LogP contribution in [0, 0.1) is 0 Å². The van der Waals surface area contributed by atoms with Crippen molar-refractivity contribution in [3.8, 4) is 5.88 Å². The molecule has 1 aromatic heterocycles. The van der Waals surface area contributed by atoms with Crippen LogP contribution in [0.5, 0.6) is 5.88 Å². The third kappa shape index (κ3) is 3.41. The van der Waals surface area contributed by atoms with Crippen molar-refractivity contribution in [3.63, 3.8) is 0 Å². The van der Waals surface area contributed by atoms with E-state index in [1.54, 1.807) is 6.20 Å². The molecule has 0 unspecified atom stereocenters. The van der Waals surface area contributed by atoms with E-state index >= 15 is 0 Å². The summed E-state index contributed by atoms with van der Waals surface area (Å²) >= 11 is 0. The summed E-state index contributed by atoms with van der Waals surface area (Å²) in [5.74, 6) is 0.635. The first-order valence-electron chi connectivity index (χ1n) is 7.77. The van der Waals surface area contributed by atoms with E-state index in [-0.39, 0.29) is 24.4 Å². The number of nitrogens with zero attached hydrogens (tertiary/aromatic N) is 1. The molecule has 1 aliphatic rings. The van der Waals surface area contributed by atoms with Gasteiger partial charge in [-0.2, -0.15) is 0 Å². The van der Waals surface area contributed by atoms with Crippen molar-refractivity contribution in [1.29, 1.82) is 0 Å². The molecule has 2 heterocycles. The van der Waals surface area contributed by atoms with E-state index in [1.807, 2.05) is 12.1 Å². The van der Waals surface area contributed by atoms with Gasteiger partial charge in [-0.15, -0.1) is 0 Å². The van der Waals surface area contributed by atoms with Crippen LogP contribution in [0.2, 0.25) is 0 Å². The molecule has 0 aliphatic carbocycles. The predicted octanol–water partition coefficient (Wildman–Crippen LogP) is 2.95. The minimum atomic E-state index is -0.373. The molecule has 1 saturated heterocycles. The van der Waals surface area contributed by atoms with E-state index in [2.05, 4.69) is 46.5 Å². The average molecular weight is 291 g/mol. The first-order valence-corrected chi connectivity index (χ1v) is 7.77. The molecule has 1 fully saturated rings. The molecule has 0 amide bonds. The van der Waals surface area contributed by atoms with E-state index in [4.69, 9.17) is 14.0 Å². The second-order valence-electron chi connectivity index (χ2n) is 6.57. The van der Waals surface area contributed by atoms with Gasteiger partial charge in [-0.25, -0.2) is 4.98 Å². The summed E-state index contributed by atoms with van der Waals surface area (Å²) in [5.41, 5.74) is 0.277. The lowest BCUT2D eigenvalue weighted by atomic mass is 9.80. The highest BCUT2D eigenvalue weighted by Gasteiger charge is 2.51. The molecule has 4 nitrogen and oxygen atoms in total. The van der Waals surface area contributed by atoms with Crippen LogP contribution < -0.4 is 10.2 Å². The number of hydrogen-bond donors (Lipinski definition) is 0. The van der Waals surface area contributed by atoms with Crippen molar-refractivity contribution in [2.75, 3.05) is 0 Å². The molecule has 21 heavy (non-hydrogen) atoms. The van der Waals surface area contributed by atoms with Gasteiger partial charge in [-0.05, 0) is 52.1 Å². The summed E-state index contributed by atoms with van der Waals surface area (Å²) in [7, 11) is -0.373. The Morgan fingerprint density at radius 1 is 1.14 bits per heavy atom. The standard InChI is InChI=1S/C16H26BNO3/c1-7-13(8-2)19-14-11-12(9-10-18-14)17-20-15(3,4)16(5,6)21-17/h9-11,13H,7-8H2,1-6H3. The number of rotatable bonds is 5. The van der Waals surface area contributed by atoms with Gasteiger partial charge in [-0.3, -0.25) is 0 Å². The summed E-state index contributed by atoms with van der Waals surface area (Å²) in [6.45, 7) is 12.4.